The Morgan fingerprint density at radius 3 is 2.50 bits per heavy atom. The van der Waals surface area contributed by atoms with E-state index >= 15 is 0 Å². The van der Waals surface area contributed by atoms with Crippen molar-refractivity contribution in [2.24, 2.45) is 11.7 Å². The van der Waals surface area contributed by atoms with E-state index in [2.05, 4.69) is 28.9 Å². The number of fused-ring (bicyclic) bond motifs is 1. The maximum atomic E-state index is 12.7. The molecule has 1 aromatic rings. The Bertz CT molecular complexity index is 454. The fourth-order valence-electron chi connectivity index (χ4n) is 2.64. The van der Waals surface area contributed by atoms with E-state index < -0.39 is 12.0 Å². The minimum Gasteiger partial charge on any atom is -0.329 e. The summed E-state index contributed by atoms with van der Waals surface area (Å²) < 4.78 is 39.4. The van der Waals surface area contributed by atoms with Crippen molar-refractivity contribution in [3.05, 3.63) is 11.6 Å². The molecule has 1 atom stereocenters. The van der Waals surface area contributed by atoms with Crippen molar-refractivity contribution in [3.8, 4) is 0 Å². The molecule has 0 radical (unpaired) electrons. The third-order valence-electron chi connectivity index (χ3n) is 3.57. The minimum absolute atomic E-state index is 0.176. The summed E-state index contributed by atoms with van der Waals surface area (Å²) >= 11 is 0. The Kier molecular flexibility index (Phi) is 4.33. The van der Waals surface area contributed by atoms with Crippen LogP contribution in [0.2, 0.25) is 0 Å². The molecule has 1 aliphatic rings. The lowest BCUT2D eigenvalue weighted by Gasteiger charge is -2.35. The first kappa shape index (κ1) is 15.2. The second kappa shape index (κ2) is 5.69. The highest BCUT2D eigenvalue weighted by Crippen LogP contribution is 2.30. The van der Waals surface area contributed by atoms with E-state index in [0.29, 0.717) is 31.4 Å². The van der Waals surface area contributed by atoms with Gasteiger partial charge in [-0.25, -0.2) is 0 Å². The predicted octanol–water partition coefficient (Wildman–Crippen LogP) is 1.49. The predicted molar refractivity (Wildman–Crippen MR) is 67.7 cm³/mol. The van der Waals surface area contributed by atoms with Crippen LogP contribution in [0.4, 0.5) is 13.2 Å². The topological polar surface area (TPSA) is 60.0 Å². The molecule has 5 nitrogen and oxygen atoms in total. The average molecular weight is 291 g/mol. The number of nitrogens with zero attached hydrogens (tertiary/aromatic N) is 4. The summed E-state index contributed by atoms with van der Waals surface area (Å²) in [6, 6.07) is 0.176. The van der Waals surface area contributed by atoms with E-state index in [0.717, 1.165) is 6.42 Å². The molecule has 0 aliphatic carbocycles. The molecule has 0 saturated heterocycles. The van der Waals surface area contributed by atoms with Gasteiger partial charge in [0.2, 0.25) is 5.82 Å². The Morgan fingerprint density at radius 2 is 1.95 bits per heavy atom. The molecule has 114 valence electrons. The van der Waals surface area contributed by atoms with Gasteiger partial charge in [0, 0.05) is 25.7 Å². The van der Waals surface area contributed by atoms with Gasteiger partial charge in [0.05, 0.1) is 6.54 Å². The summed E-state index contributed by atoms with van der Waals surface area (Å²) in [6.45, 7) is 5.89. The quantitative estimate of drug-likeness (QED) is 0.913. The molecular weight excluding hydrogens is 271 g/mol. The first-order chi connectivity index (χ1) is 9.32. The van der Waals surface area contributed by atoms with Crippen molar-refractivity contribution in [3.63, 3.8) is 0 Å². The van der Waals surface area contributed by atoms with Gasteiger partial charge in [0.15, 0.2) is 0 Å². The van der Waals surface area contributed by atoms with Crippen LogP contribution in [-0.2, 0) is 19.3 Å². The Labute approximate surface area is 115 Å². The number of hydrogen-bond donors (Lipinski definition) is 1. The van der Waals surface area contributed by atoms with Crippen LogP contribution < -0.4 is 5.73 Å². The molecule has 8 heteroatoms. The molecular formula is C12H20F3N5. The number of nitrogens with two attached hydrogens (primary N) is 1. The molecule has 1 aliphatic heterocycles. The van der Waals surface area contributed by atoms with Crippen LogP contribution in [0.25, 0.3) is 0 Å². The zero-order chi connectivity index (χ0) is 14.9. The van der Waals surface area contributed by atoms with Crippen molar-refractivity contribution in [1.82, 2.24) is 19.7 Å². The molecule has 0 bridgehead atoms. The molecule has 0 spiro atoms. The summed E-state index contributed by atoms with van der Waals surface area (Å²) in [4.78, 5) is 2.10. The molecule has 0 amide bonds. The molecule has 20 heavy (non-hydrogen) atoms. The van der Waals surface area contributed by atoms with E-state index in [4.69, 9.17) is 5.73 Å². The summed E-state index contributed by atoms with van der Waals surface area (Å²) in [5, 5.41) is 6.96. The molecule has 1 unspecified atom stereocenters. The highest BCUT2D eigenvalue weighted by Gasteiger charge is 2.39. The normalized spacial score (nSPS) is 18.4. The van der Waals surface area contributed by atoms with Gasteiger partial charge in [-0.15, -0.1) is 10.2 Å². The fourth-order valence-corrected chi connectivity index (χ4v) is 2.64. The smallest absolute Gasteiger partial charge is 0.329 e. The SMILES string of the molecule is CC(C)CC(CN)N1CCn2c(nnc2C(F)(F)F)C1. The first-order valence-corrected chi connectivity index (χ1v) is 6.76. The lowest BCUT2D eigenvalue weighted by molar-refractivity contribution is -0.148. The van der Waals surface area contributed by atoms with E-state index in [9.17, 15) is 13.2 Å². The zero-order valence-electron chi connectivity index (χ0n) is 11.7. The summed E-state index contributed by atoms with van der Waals surface area (Å²) in [5.41, 5.74) is 5.78. The Morgan fingerprint density at radius 1 is 1.25 bits per heavy atom. The van der Waals surface area contributed by atoms with Gasteiger partial charge in [0.25, 0.3) is 0 Å². The second-order valence-corrected chi connectivity index (χ2v) is 5.58. The van der Waals surface area contributed by atoms with E-state index in [1.165, 1.54) is 4.57 Å². The largest absolute Gasteiger partial charge is 0.451 e. The lowest BCUT2D eigenvalue weighted by atomic mass is 10.0. The fraction of sp³-hybridized carbons (Fsp3) is 0.833. The third-order valence-corrected chi connectivity index (χ3v) is 3.57. The molecule has 0 fully saturated rings. The lowest BCUT2D eigenvalue weighted by Crippen LogP contribution is -2.46. The van der Waals surface area contributed by atoms with Gasteiger partial charge in [-0.2, -0.15) is 13.2 Å². The van der Waals surface area contributed by atoms with Gasteiger partial charge >= 0.3 is 6.18 Å². The van der Waals surface area contributed by atoms with E-state index in [1.54, 1.807) is 0 Å². The van der Waals surface area contributed by atoms with Crippen LogP contribution in [0, 0.1) is 5.92 Å². The number of halogens is 3. The van der Waals surface area contributed by atoms with Crippen molar-refractivity contribution in [1.29, 1.82) is 0 Å². The monoisotopic (exact) mass is 291 g/mol. The van der Waals surface area contributed by atoms with Gasteiger partial charge in [0.1, 0.15) is 5.82 Å². The average Bonchev–Trinajstić information content (AvgIpc) is 2.78. The number of aromatic nitrogens is 3. The van der Waals surface area contributed by atoms with Gasteiger partial charge < -0.3 is 10.3 Å². The number of hydrogen-bond acceptors (Lipinski definition) is 4. The standard InChI is InChI=1S/C12H20F3N5/c1-8(2)5-9(6-16)19-3-4-20-10(7-19)17-18-11(20)12(13,14)15/h8-9H,3-7,16H2,1-2H3. The molecule has 0 aromatic carbocycles. The van der Waals surface area contributed by atoms with Crippen LogP contribution in [0.1, 0.15) is 31.9 Å². The zero-order valence-corrected chi connectivity index (χ0v) is 11.7. The van der Waals surface area contributed by atoms with Crippen LogP contribution in [0.3, 0.4) is 0 Å². The van der Waals surface area contributed by atoms with Gasteiger partial charge in [-0.1, -0.05) is 13.8 Å². The number of rotatable bonds is 4. The van der Waals surface area contributed by atoms with Crippen molar-refractivity contribution < 1.29 is 13.2 Å². The molecule has 2 rings (SSSR count). The van der Waals surface area contributed by atoms with E-state index in [-0.39, 0.29) is 12.6 Å². The van der Waals surface area contributed by atoms with Crippen molar-refractivity contribution >= 4 is 0 Å². The highest BCUT2D eigenvalue weighted by molar-refractivity contribution is 5.02. The molecule has 2 heterocycles. The molecule has 2 N–H and O–H groups in total. The summed E-state index contributed by atoms with van der Waals surface area (Å²) in [7, 11) is 0. The van der Waals surface area contributed by atoms with E-state index in [1.807, 2.05) is 0 Å². The van der Waals surface area contributed by atoms with Crippen LogP contribution in [0.15, 0.2) is 0 Å². The van der Waals surface area contributed by atoms with Crippen LogP contribution in [-0.4, -0.2) is 38.8 Å². The Balaban J connectivity index is 2.14. The molecule has 1 aromatic heterocycles. The van der Waals surface area contributed by atoms with Crippen LogP contribution in [0.5, 0.6) is 0 Å². The van der Waals surface area contributed by atoms with Gasteiger partial charge in [-0.3, -0.25) is 4.90 Å². The maximum Gasteiger partial charge on any atom is 0.451 e. The highest BCUT2D eigenvalue weighted by atomic mass is 19.4. The third kappa shape index (κ3) is 3.12. The van der Waals surface area contributed by atoms with Gasteiger partial charge in [-0.05, 0) is 12.3 Å². The van der Waals surface area contributed by atoms with Crippen molar-refractivity contribution in [2.75, 3.05) is 13.1 Å². The molecule has 0 saturated carbocycles. The summed E-state index contributed by atoms with van der Waals surface area (Å²) in [5.74, 6) is -0.0415. The number of alkyl halides is 3. The minimum atomic E-state index is -4.45. The van der Waals surface area contributed by atoms with Crippen LogP contribution >= 0.6 is 0 Å². The first-order valence-electron chi connectivity index (χ1n) is 6.76. The van der Waals surface area contributed by atoms with Crippen molar-refractivity contribution in [2.45, 2.75) is 45.6 Å². The second-order valence-electron chi connectivity index (χ2n) is 5.58. The summed E-state index contributed by atoms with van der Waals surface area (Å²) in [6.07, 6.45) is -3.52. The maximum absolute atomic E-state index is 12.7. The Hall–Kier alpha value is -1.15.